The van der Waals surface area contributed by atoms with E-state index >= 15 is 0 Å². The Labute approximate surface area is 216 Å². The summed E-state index contributed by atoms with van der Waals surface area (Å²) in [6.07, 6.45) is 2.99. The highest BCUT2D eigenvalue weighted by Crippen LogP contribution is 2.27. The van der Waals surface area contributed by atoms with E-state index < -0.39 is 0 Å². The van der Waals surface area contributed by atoms with Crippen molar-refractivity contribution >= 4 is 28.1 Å². The summed E-state index contributed by atoms with van der Waals surface area (Å²) in [7, 11) is 3.34. The lowest BCUT2D eigenvalue weighted by Crippen LogP contribution is -2.30. The molecule has 1 amide bonds. The fraction of sp³-hybridized carbons (Fsp3) is 0.357. The molecule has 36 heavy (non-hydrogen) atoms. The summed E-state index contributed by atoms with van der Waals surface area (Å²) in [6.45, 7) is 7.50. The lowest BCUT2D eigenvalue weighted by molar-refractivity contribution is 0.0767. The van der Waals surface area contributed by atoms with Gasteiger partial charge in [0, 0.05) is 60.3 Å². The average Bonchev–Trinajstić information content (AvgIpc) is 3.55. The third-order valence-corrected chi connectivity index (χ3v) is 7.27. The quantitative estimate of drug-likeness (QED) is 0.280. The summed E-state index contributed by atoms with van der Waals surface area (Å²) in [4.78, 5) is 25.0. The predicted molar refractivity (Wildman–Crippen MR) is 145 cm³/mol. The molecule has 0 radical (unpaired) electrons. The molecule has 0 aliphatic rings. The molecule has 0 bridgehead atoms. The van der Waals surface area contributed by atoms with Crippen LogP contribution in [0.15, 0.2) is 54.0 Å². The van der Waals surface area contributed by atoms with Crippen molar-refractivity contribution in [2.45, 2.75) is 33.4 Å². The monoisotopic (exact) mass is 506 g/mol. The summed E-state index contributed by atoms with van der Waals surface area (Å²) in [5, 5.41) is 4.06. The second-order valence-electron chi connectivity index (χ2n) is 8.60. The topological polar surface area (TPSA) is 70.7 Å². The molecule has 0 aliphatic heterocycles. The molecule has 8 heteroatoms. The Bertz CT molecular complexity index is 1290. The molecule has 0 saturated carbocycles. The lowest BCUT2D eigenvalue weighted by Gasteiger charge is -2.23. The molecule has 4 aromatic rings. The number of amides is 1. The number of hydrogen-bond acceptors (Lipinski definition) is 6. The van der Waals surface area contributed by atoms with Crippen LogP contribution in [0.25, 0.3) is 10.9 Å². The van der Waals surface area contributed by atoms with Gasteiger partial charge in [-0.3, -0.25) is 9.69 Å². The molecule has 2 aromatic carbocycles. The summed E-state index contributed by atoms with van der Waals surface area (Å²) in [6, 6.07) is 14.3. The molecule has 0 aliphatic carbocycles. The minimum Gasteiger partial charge on any atom is -0.497 e. The first-order valence-corrected chi connectivity index (χ1v) is 13.2. The van der Waals surface area contributed by atoms with Gasteiger partial charge in [0.05, 0.1) is 20.8 Å². The molecule has 2 aromatic heterocycles. The van der Waals surface area contributed by atoms with Crippen molar-refractivity contribution in [3.63, 3.8) is 0 Å². The lowest BCUT2D eigenvalue weighted by atomic mass is 10.1. The van der Waals surface area contributed by atoms with Crippen LogP contribution in [0.4, 0.5) is 0 Å². The van der Waals surface area contributed by atoms with Crippen LogP contribution in [0.3, 0.4) is 0 Å². The average molecular weight is 507 g/mol. The second kappa shape index (κ2) is 12.1. The van der Waals surface area contributed by atoms with Gasteiger partial charge in [-0.25, -0.2) is 4.98 Å². The Hall–Kier alpha value is -3.36. The zero-order valence-corrected chi connectivity index (χ0v) is 22.2. The molecule has 1 N–H and O–H groups in total. The van der Waals surface area contributed by atoms with Crippen LogP contribution in [0.5, 0.6) is 11.5 Å². The number of carbonyl (C=O) groups excluding carboxylic acids is 1. The number of carbonyl (C=O) groups is 1. The van der Waals surface area contributed by atoms with E-state index in [1.165, 1.54) is 22.3 Å². The summed E-state index contributed by atoms with van der Waals surface area (Å²) in [5.41, 5.74) is 4.04. The van der Waals surface area contributed by atoms with E-state index in [0.717, 1.165) is 40.6 Å². The molecule has 7 nitrogen and oxygen atoms in total. The molecule has 0 unspecified atom stereocenters. The second-order valence-corrected chi connectivity index (χ2v) is 9.54. The number of para-hydroxylation sites is 1. The number of H-pyrrole nitrogens is 1. The molecule has 0 saturated heterocycles. The van der Waals surface area contributed by atoms with E-state index in [2.05, 4.69) is 34.3 Å². The zero-order valence-electron chi connectivity index (χ0n) is 21.4. The fourth-order valence-electron chi connectivity index (χ4n) is 4.40. The van der Waals surface area contributed by atoms with Crippen LogP contribution in [-0.2, 0) is 19.5 Å². The Morgan fingerprint density at radius 3 is 2.58 bits per heavy atom. The first-order chi connectivity index (χ1) is 17.6. The van der Waals surface area contributed by atoms with Crippen LogP contribution in [-0.4, -0.2) is 59.5 Å². The number of aromatic nitrogens is 2. The van der Waals surface area contributed by atoms with Crippen molar-refractivity contribution in [3.8, 4) is 11.5 Å². The molecule has 0 fully saturated rings. The van der Waals surface area contributed by atoms with Crippen LogP contribution in [0.2, 0.25) is 0 Å². The van der Waals surface area contributed by atoms with Crippen molar-refractivity contribution in [1.29, 1.82) is 0 Å². The first kappa shape index (κ1) is 25.7. The molecule has 0 spiro atoms. The number of nitrogens with zero attached hydrogens (tertiary/aromatic N) is 3. The number of fused-ring (bicyclic) bond motifs is 1. The van der Waals surface area contributed by atoms with Gasteiger partial charge in [0.2, 0.25) is 0 Å². The molecule has 0 atom stereocenters. The maximum absolute atomic E-state index is 12.8. The number of nitrogens with one attached hydrogen (secondary N) is 1. The number of hydrogen-bond donors (Lipinski definition) is 1. The van der Waals surface area contributed by atoms with Gasteiger partial charge in [-0.1, -0.05) is 24.3 Å². The van der Waals surface area contributed by atoms with Crippen molar-refractivity contribution < 1.29 is 14.3 Å². The Morgan fingerprint density at radius 1 is 1.03 bits per heavy atom. The highest BCUT2D eigenvalue weighted by molar-refractivity contribution is 7.09. The molecule has 2 heterocycles. The SMILES string of the molecule is CCN(CC)C(=O)c1csc(CN(CCc2c[nH]c3ccccc23)Cc2ccc(OC)cc2OC)n1. The van der Waals surface area contributed by atoms with Crippen LogP contribution in [0.1, 0.15) is 40.5 Å². The third-order valence-electron chi connectivity index (χ3n) is 6.44. The van der Waals surface area contributed by atoms with Gasteiger partial charge in [-0.05, 0) is 38.0 Å². The number of benzene rings is 2. The number of rotatable bonds is 12. The summed E-state index contributed by atoms with van der Waals surface area (Å²) < 4.78 is 11.0. The number of ether oxygens (including phenoxy) is 2. The van der Waals surface area contributed by atoms with Gasteiger partial charge in [-0.2, -0.15) is 0 Å². The Kier molecular flexibility index (Phi) is 8.61. The number of methoxy groups -OCH3 is 2. The molecule has 4 rings (SSSR count). The highest BCUT2D eigenvalue weighted by Gasteiger charge is 2.19. The smallest absolute Gasteiger partial charge is 0.273 e. The standard InChI is InChI=1S/C28H34N4O3S/c1-5-32(6-2)28(33)25-19-36-27(30-25)18-31(17-21-11-12-22(34-3)15-26(21)35-4)14-13-20-16-29-24-10-8-7-9-23(20)24/h7-12,15-16,19,29H,5-6,13-14,17-18H2,1-4H3. The van der Waals surface area contributed by atoms with Gasteiger partial charge >= 0.3 is 0 Å². The Balaban J connectivity index is 1.55. The van der Waals surface area contributed by atoms with Crippen molar-refractivity contribution in [2.24, 2.45) is 0 Å². The summed E-state index contributed by atoms with van der Waals surface area (Å²) >= 11 is 1.54. The maximum Gasteiger partial charge on any atom is 0.273 e. The highest BCUT2D eigenvalue weighted by atomic mass is 32.1. The molecular formula is C28H34N4O3S. The van der Waals surface area contributed by atoms with Crippen LogP contribution < -0.4 is 9.47 Å². The van der Waals surface area contributed by atoms with E-state index in [9.17, 15) is 4.79 Å². The first-order valence-electron chi connectivity index (χ1n) is 12.3. The van der Waals surface area contributed by atoms with Crippen LogP contribution >= 0.6 is 11.3 Å². The van der Waals surface area contributed by atoms with Gasteiger partial charge in [0.15, 0.2) is 0 Å². The van der Waals surface area contributed by atoms with Gasteiger partial charge in [0.1, 0.15) is 22.2 Å². The minimum absolute atomic E-state index is 0.00957. The molecular weight excluding hydrogens is 472 g/mol. The van der Waals surface area contributed by atoms with Gasteiger partial charge in [0.25, 0.3) is 5.91 Å². The van der Waals surface area contributed by atoms with E-state index in [1.807, 2.05) is 43.5 Å². The summed E-state index contributed by atoms with van der Waals surface area (Å²) in [5.74, 6) is 1.55. The normalized spacial score (nSPS) is 11.2. The number of thiazole rings is 1. The van der Waals surface area contributed by atoms with Gasteiger partial charge < -0.3 is 19.4 Å². The van der Waals surface area contributed by atoms with Crippen molar-refractivity contribution in [2.75, 3.05) is 33.9 Å². The Morgan fingerprint density at radius 2 is 1.83 bits per heavy atom. The maximum atomic E-state index is 12.8. The fourth-order valence-corrected chi connectivity index (χ4v) is 5.21. The minimum atomic E-state index is -0.00957. The third kappa shape index (κ3) is 5.88. The van der Waals surface area contributed by atoms with Crippen molar-refractivity contribution in [1.82, 2.24) is 19.8 Å². The van der Waals surface area contributed by atoms with Crippen LogP contribution in [0, 0.1) is 0 Å². The van der Waals surface area contributed by atoms with E-state index in [0.29, 0.717) is 31.9 Å². The number of aromatic amines is 1. The van der Waals surface area contributed by atoms with E-state index in [4.69, 9.17) is 14.5 Å². The van der Waals surface area contributed by atoms with E-state index in [-0.39, 0.29) is 5.91 Å². The zero-order chi connectivity index (χ0) is 25.5. The van der Waals surface area contributed by atoms with E-state index in [1.54, 1.807) is 19.1 Å². The van der Waals surface area contributed by atoms with Gasteiger partial charge in [-0.15, -0.1) is 11.3 Å². The molecule has 190 valence electrons. The largest absolute Gasteiger partial charge is 0.497 e. The van der Waals surface area contributed by atoms with Crippen molar-refractivity contribution in [3.05, 3.63) is 75.9 Å². The predicted octanol–water partition coefficient (Wildman–Crippen LogP) is 5.37.